The minimum atomic E-state index is -1.67. The molecule has 6 aromatic rings. The van der Waals surface area contributed by atoms with Crippen molar-refractivity contribution in [2.24, 2.45) is 0 Å². The minimum Gasteiger partial charge on any atom is -0.477 e. The number of carbonyl (C=O) groups is 16. The number of ketones is 5. The van der Waals surface area contributed by atoms with Crippen LogP contribution < -0.4 is 0 Å². The number of benzene rings is 1. The van der Waals surface area contributed by atoms with Gasteiger partial charge in [0.05, 0.1) is 118 Å². The van der Waals surface area contributed by atoms with E-state index in [-0.39, 0.29) is 390 Å². The fourth-order valence-corrected chi connectivity index (χ4v) is 20.1. The number of halogens is 4. The molecule has 6 rings (SSSR count). The summed E-state index contributed by atoms with van der Waals surface area (Å²) in [5.74, 6) is -7.73. The summed E-state index contributed by atoms with van der Waals surface area (Å²) < 4.78 is 66.5. The second-order valence-electron chi connectivity index (χ2n) is 25.1. The fourth-order valence-electron chi connectivity index (χ4n) is 11.1. The van der Waals surface area contributed by atoms with E-state index in [1.165, 1.54) is 102 Å². The van der Waals surface area contributed by atoms with E-state index in [2.05, 4.69) is 108 Å². The molecule has 0 saturated heterocycles. The Morgan fingerprint density at radius 1 is 0.472 bits per heavy atom. The van der Waals surface area contributed by atoms with Gasteiger partial charge in [0.2, 0.25) is 9.23 Å². The van der Waals surface area contributed by atoms with E-state index >= 15 is 0 Å². The first-order chi connectivity index (χ1) is 62.9. The number of aromatic amines is 5. The number of nitrogens with zero attached hydrogens (tertiary/aromatic N) is 3. The second kappa shape index (κ2) is 101. The Morgan fingerprint density at radius 2 is 0.771 bits per heavy atom. The molecule has 0 atom stereocenters. The molecule has 0 bridgehead atoms. The third-order valence-electron chi connectivity index (χ3n) is 16.2. The summed E-state index contributed by atoms with van der Waals surface area (Å²) in [5, 5.41) is 16.9. The number of nitrogens with one attached hydrogen (secondary N) is 5. The SMILES string of the molecule is C.C.C.CCOC(=O)CC#N.CCOC(OCC)OCC.COC(=O)Cc1c(C(=O)O)[nH]c(C)c1C(C)=O.COC(=O)Cc1c(C(=O)OCc2ccccc2)[nH]c(C)c1C(C)=O.COC(=O)Cc1c(C=O)[nH]c(C)c1C(C)=O.F.O=S(Cl)Cl.SSSSSSS.[3HH].[C-]#[N+]/C(=C\c1[nH]c(C)c(C(C)=O)c1CC(=O)OC)C(=O)OCC.[C-]#[N+]/C(=C\c1[nH]c(CCl)c(C(C)=O)c1CC(=O)OC)C(=O)OCC.[U].[U].[U].[U].[U].[U].[U]. The number of aldehydes is 1. The van der Waals surface area contributed by atoms with Gasteiger partial charge < -0.3 is 86.9 Å². The van der Waals surface area contributed by atoms with Crippen molar-refractivity contribution in [3.63, 3.8) is 0 Å². The number of H-pyrrole nitrogens is 5. The number of aromatic nitrogens is 5. The number of nitriles is 1. The van der Waals surface area contributed by atoms with Gasteiger partial charge in [0, 0.05) is 345 Å². The second-order valence-corrected chi connectivity index (χ2v) is 37.1. The molecule has 1 aromatic carbocycles. The van der Waals surface area contributed by atoms with Crippen molar-refractivity contribution >= 4 is 222 Å². The van der Waals surface area contributed by atoms with E-state index in [0.29, 0.717) is 106 Å². The van der Waals surface area contributed by atoms with Gasteiger partial charge in [-0.3, -0.25) is 71.8 Å². The van der Waals surface area contributed by atoms with Crippen LogP contribution in [-0.4, -0.2) is 211 Å². The van der Waals surface area contributed by atoms with Crippen LogP contribution in [0.1, 0.15) is 263 Å². The number of alkyl halides is 1. The minimum absolute atomic E-state index is 0. The zero-order valence-electron chi connectivity index (χ0n) is 80.1. The van der Waals surface area contributed by atoms with E-state index in [0.717, 1.165) is 5.56 Å². The number of hydrogen-bond donors (Lipinski definition) is 8. The standard InChI is InChI=1S/C18H19NO5.C16H17ClN2O5.C16H18N2O5.C11H13NO5.C11H13NO4.C7H16O3.C5H7NO2.3CH4.Cl2OS.FH.H2S7.7U.H2/c1-11-16(12(2)20)14(9-15(21)23-3)17(19-11)18(22)24-10-13-7-5-4-6-8-13;1-5-24-16(22)12(18-3)7-11-10(6-14(21)23-4)15(9(2)20)13(8-17)19-11;1-6-23-16(21)13(17-4)8-12-11(7-14(20)22-5)15(10(3)19)9(2)18-12;1-5-9(6(2)13)7(4-8(14)17-3)10(12-5)11(15)16;1-6-11(7(2)14)8(4-10(15)16-3)9(5-13)12-6;1-4-8-7(9-5-2)10-6-3;1-2-8-5(7)3-4-6;;;;1-4(2)3;;1-3-5-7-6-4-2;;;;;;;;/h4-8,19H,9-10H2,1-3H3;7,19H,5-6,8H2,1-2,4H3;8,18H,6-7H2,1-3,5H3;12H,4H2,1-3H3,(H,15,16);5,12H,4H2,1-3H3;7H,4-6H2,1-3H3;2-3H2,1H3;3*1H4;;1H;1-2H;;;;;;;;1H/b;12-7-;13-8-;;;;;;;;;;;;;;;;;;/i;;;;;;;;;;;;;;;;;;;;1+2. The van der Waals surface area contributed by atoms with Gasteiger partial charge in [0.25, 0.3) is 17.9 Å². The Labute approximate surface area is 1050 Å². The molecule has 144 heavy (non-hydrogen) atoms. The van der Waals surface area contributed by atoms with Crippen molar-refractivity contribution in [3.8, 4) is 6.07 Å². The summed E-state index contributed by atoms with van der Waals surface area (Å²) in [6.07, 6.45) is 2.14. The van der Waals surface area contributed by atoms with Gasteiger partial charge >= 0.3 is 59.7 Å². The van der Waals surface area contributed by atoms with E-state index in [4.69, 9.17) is 67.7 Å². The van der Waals surface area contributed by atoms with E-state index < -0.39 is 75.4 Å². The van der Waals surface area contributed by atoms with Crippen LogP contribution in [0, 0.1) is 270 Å². The largest absolute Gasteiger partial charge is 0.477 e. The molecule has 792 valence electrons. The van der Waals surface area contributed by atoms with E-state index in [1.54, 1.807) is 84.0 Å². The number of carboxylic acid groups (broad SMARTS) is 1. The number of methoxy groups -OCH3 is 5. The molecule has 0 spiro atoms. The monoisotopic (exact) mass is 3800 g/mol. The zero-order chi connectivity index (χ0) is 102. The van der Waals surface area contributed by atoms with Crippen LogP contribution in [0.5, 0.6) is 0 Å². The van der Waals surface area contributed by atoms with Crippen molar-refractivity contribution in [1.82, 2.24) is 24.9 Å². The van der Waals surface area contributed by atoms with Gasteiger partial charge in [-0.2, -0.15) is 5.26 Å². The van der Waals surface area contributed by atoms with Crippen molar-refractivity contribution in [2.75, 3.05) is 75.2 Å². The van der Waals surface area contributed by atoms with Crippen LogP contribution in [0.4, 0.5) is 4.70 Å². The Bertz CT molecular complexity index is 5170. The number of Topliss-reactive ketones (excluding diaryl/α,β-unsaturated/α-hetero) is 5. The van der Waals surface area contributed by atoms with Crippen molar-refractivity contribution in [1.29, 1.82) is 5.26 Å². The summed E-state index contributed by atoms with van der Waals surface area (Å²) in [5.41, 5.74) is 6.88. The zero-order valence-corrected chi connectivity index (χ0v) is 118. The molecule has 0 radical (unpaired) electrons. The number of esters is 9. The van der Waals surface area contributed by atoms with Crippen LogP contribution in [-0.2, 0) is 149 Å². The van der Waals surface area contributed by atoms with E-state index in [9.17, 15) is 76.7 Å². The molecule has 0 fully saturated rings. The van der Waals surface area contributed by atoms with Crippen LogP contribution in [0.25, 0.3) is 21.8 Å². The molecule has 0 aliphatic carbocycles. The predicted octanol–water partition coefficient (Wildman–Crippen LogP) is 18.3. The van der Waals surface area contributed by atoms with Crippen molar-refractivity contribution < 1.29 is 367 Å². The first-order valence-corrected chi connectivity index (χ1v) is 50.2. The molecule has 0 aliphatic rings. The number of aromatic carboxylic acids is 1. The third kappa shape index (κ3) is 68.2. The summed E-state index contributed by atoms with van der Waals surface area (Å²) in [6, 6.07) is 10.9. The molecule has 38 nitrogen and oxygen atoms in total. The van der Waals surface area contributed by atoms with Gasteiger partial charge in [-0.15, -0.1) is 11.6 Å². The summed E-state index contributed by atoms with van der Waals surface area (Å²) in [7, 11) is 21.3. The Hall–Kier alpha value is -3.07. The van der Waals surface area contributed by atoms with Gasteiger partial charge in [-0.05, 0) is 182 Å². The smallest absolute Gasteiger partial charge is 0.355 e. The summed E-state index contributed by atoms with van der Waals surface area (Å²) in [4.78, 5) is 204. The number of thiol groups is 2. The van der Waals surface area contributed by atoms with Gasteiger partial charge in [-0.1, -0.05) is 75.9 Å². The number of aryl methyl sites for hydroxylation is 4. The molecule has 0 saturated carbocycles. The Balaban J connectivity index is -0.000000103. The topological polar surface area (TPSA) is 533 Å². The van der Waals surface area contributed by atoms with Crippen molar-refractivity contribution in [3.05, 3.63) is 183 Å². The average molecular weight is 3810 g/mol. The molecule has 5 heterocycles. The quantitative estimate of drug-likeness (QED) is 0.00144. The predicted molar refractivity (Wildman–Crippen MR) is 538 cm³/mol. The first-order valence-electron chi connectivity index (χ1n) is 38.6. The molecule has 5 aromatic heterocycles. The molecule has 57 heteroatoms. The van der Waals surface area contributed by atoms with Gasteiger partial charge in [-0.25, -0.2) is 23.5 Å². The molecular formula is C87H120Cl3FN8O30S8U7. The maximum atomic E-state index is 12.4. The molecule has 6 N–H and O–H groups in total. The maximum Gasteiger partial charge on any atom is 0.355 e. The Morgan fingerprint density at radius 3 is 1.06 bits per heavy atom. The summed E-state index contributed by atoms with van der Waals surface area (Å²) >= 11 is 13.7. The average Bonchev–Trinajstić information content (AvgIpc) is 1.63. The number of ether oxygens (including phenoxy) is 12. The molecule has 0 unspecified atom stereocenters. The number of carboxylic acids is 1. The van der Waals surface area contributed by atoms with Crippen LogP contribution in [0.3, 0.4) is 0 Å². The number of rotatable bonds is 39. The van der Waals surface area contributed by atoms with E-state index in [1.807, 2.05) is 51.1 Å². The summed E-state index contributed by atoms with van der Waals surface area (Å²) in [6.45, 7) is 40.4. The first kappa shape index (κ1) is 171. The molecule has 0 amide bonds. The van der Waals surface area contributed by atoms with Crippen LogP contribution in [0.15, 0.2) is 41.7 Å². The van der Waals surface area contributed by atoms with Gasteiger partial charge in [0.15, 0.2) is 35.2 Å². The number of hydrogen-bond acceptors (Lipinski definition) is 37. The molecule has 0 aliphatic heterocycles. The third-order valence-corrected chi connectivity index (χ3v) is 25.7. The normalized spacial score (nSPS) is 9.42. The fraction of sp³-hybridized carbons (Fsp3) is 0.437. The van der Waals surface area contributed by atoms with Gasteiger partial charge in [0.1, 0.15) is 24.4 Å². The van der Waals surface area contributed by atoms with Crippen LogP contribution in [0.2, 0.25) is 0 Å². The Kier molecular flexibility index (Phi) is 120. The van der Waals surface area contributed by atoms with Crippen LogP contribution >= 0.6 is 105 Å². The van der Waals surface area contributed by atoms with Crippen molar-refractivity contribution in [2.45, 2.75) is 184 Å². The molecular weight excluding hydrogens is 3690 g/mol. The number of carbonyl (C=O) groups excluding carboxylic acids is 15. The maximum absolute atomic E-state index is 12.4.